The smallest absolute Gasteiger partial charge is 0.281 e. The van der Waals surface area contributed by atoms with E-state index in [9.17, 15) is 10.1 Å². The summed E-state index contributed by atoms with van der Waals surface area (Å²) in [5.74, 6) is 1.17. The van der Waals surface area contributed by atoms with Gasteiger partial charge >= 0.3 is 0 Å². The van der Waals surface area contributed by atoms with Crippen molar-refractivity contribution in [3.8, 4) is 11.3 Å². The zero-order valence-electron chi connectivity index (χ0n) is 12.7. The average molecular weight is 343 g/mol. The van der Waals surface area contributed by atoms with Crippen LogP contribution < -0.4 is 5.32 Å². The van der Waals surface area contributed by atoms with Crippen LogP contribution in [-0.2, 0) is 13.1 Å². The molecule has 0 radical (unpaired) electrons. The van der Waals surface area contributed by atoms with Crippen molar-refractivity contribution < 1.29 is 9.34 Å². The first-order chi connectivity index (χ1) is 11.6. The Balaban J connectivity index is 1.71. The van der Waals surface area contributed by atoms with E-state index in [2.05, 4.69) is 5.32 Å². The van der Waals surface area contributed by atoms with Crippen LogP contribution in [0.1, 0.15) is 11.3 Å². The number of hydrogen-bond donors (Lipinski definition) is 1. The summed E-state index contributed by atoms with van der Waals surface area (Å²) in [5, 5.41) is 14.8. The van der Waals surface area contributed by atoms with Gasteiger partial charge in [0, 0.05) is 17.6 Å². The van der Waals surface area contributed by atoms with Crippen LogP contribution in [0.25, 0.3) is 11.3 Å². The van der Waals surface area contributed by atoms with Gasteiger partial charge in [-0.25, -0.2) is 0 Å². The summed E-state index contributed by atoms with van der Waals surface area (Å²) in [6, 6.07) is 18.1. The highest BCUT2D eigenvalue weighted by Gasteiger charge is 2.18. The monoisotopic (exact) mass is 342 g/mol. The maximum atomic E-state index is 11.2. The third-order valence-corrected chi connectivity index (χ3v) is 3.79. The standard InChI is InChI=1S/C18H15ClN2O3/c19-14-6-8-16(17(10-14)21(22)23)18-9-7-15(24-18)12-20-11-13-4-2-1-3-5-13/h1-10,20H,11-12H2. The van der Waals surface area contributed by atoms with Gasteiger partial charge in [0.1, 0.15) is 11.5 Å². The fourth-order valence-corrected chi connectivity index (χ4v) is 2.57. The average Bonchev–Trinajstić information content (AvgIpc) is 3.04. The maximum absolute atomic E-state index is 11.2. The minimum Gasteiger partial charge on any atom is -0.459 e. The lowest BCUT2D eigenvalue weighted by molar-refractivity contribution is -0.384. The van der Waals surface area contributed by atoms with Gasteiger partial charge in [-0.3, -0.25) is 10.1 Å². The quantitative estimate of drug-likeness (QED) is 0.516. The molecule has 0 aliphatic carbocycles. The topological polar surface area (TPSA) is 68.3 Å². The van der Waals surface area contributed by atoms with Gasteiger partial charge in [0.15, 0.2) is 0 Å². The Bertz CT molecular complexity index is 846. The van der Waals surface area contributed by atoms with Gasteiger partial charge < -0.3 is 9.73 Å². The van der Waals surface area contributed by atoms with Crippen molar-refractivity contribution in [1.82, 2.24) is 5.32 Å². The molecule has 0 amide bonds. The number of furan rings is 1. The third kappa shape index (κ3) is 3.82. The van der Waals surface area contributed by atoms with Gasteiger partial charge in [0.25, 0.3) is 5.69 Å². The molecule has 0 saturated heterocycles. The highest BCUT2D eigenvalue weighted by molar-refractivity contribution is 6.30. The largest absolute Gasteiger partial charge is 0.459 e. The molecule has 0 bridgehead atoms. The van der Waals surface area contributed by atoms with Crippen LogP contribution in [0.4, 0.5) is 5.69 Å². The van der Waals surface area contributed by atoms with E-state index in [1.165, 1.54) is 11.6 Å². The van der Waals surface area contributed by atoms with E-state index in [1.807, 2.05) is 36.4 Å². The van der Waals surface area contributed by atoms with Crippen LogP contribution in [0.2, 0.25) is 5.02 Å². The molecule has 122 valence electrons. The summed E-state index contributed by atoms with van der Waals surface area (Å²) in [4.78, 5) is 10.7. The van der Waals surface area contributed by atoms with Crippen LogP contribution >= 0.6 is 11.6 Å². The maximum Gasteiger partial charge on any atom is 0.281 e. The number of benzene rings is 2. The highest BCUT2D eigenvalue weighted by atomic mass is 35.5. The molecule has 0 atom stereocenters. The predicted molar refractivity (Wildman–Crippen MR) is 92.8 cm³/mol. The number of nitro groups is 1. The van der Waals surface area contributed by atoms with Gasteiger partial charge in [-0.15, -0.1) is 0 Å². The van der Waals surface area contributed by atoms with E-state index in [-0.39, 0.29) is 5.69 Å². The molecule has 6 heteroatoms. The van der Waals surface area contributed by atoms with Crippen molar-refractivity contribution >= 4 is 17.3 Å². The molecule has 24 heavy (non-hydrogen) atoms. The lowest BCUT2D eigenvalue weighted by Gasteiger charge is -2.03. The molecule has 3 aromatic rings. The van der Waals surface area contributed by atoms with Gasteiger partial charge in [-0.1, -0.05) is 41.9 Å². The summed E-state index contributed by atoms with van der Waals surface area (Å²) in [5.41, 5.74) is 1.52. The van der Waals surface area contributed by atoms with Crippen molar-refractivity contribution in [2.75, 3.05) is 0 Å². The molecule has 0 fully saturated rings. The zero-order chi connectivity index (χ0) is 16.9. The normalized spacial score (nSPS) is 10.7. The van der Waals surface area contributed by atoms with Crippen molar-refractivity contribution in [2.24, 2.45) is 0 Å². The number of nitrogens with zero attached hydrogens (tertiary/aromatic N) is 1. The number of rotatable bonds is 6. The molecular weight excluding hydrogens is 328 g/mol. The second kappa shape index (κ2) is 7.29. The first-order valence-electron chi connectivity index (χ1n) is 7.41. The third-order valence-electron chi connectivity index (χ3n) is 3.55. The Morgan fingerprint density at radius 3 is 2.58 bits per heavy atom. The zero-order valence-corrected chi connectivity index (χ0v) is 13.5. The first kappa shape index (κ1) is 16.2. The Labute approximate surface area is 144 Å². The molecular formula is C18H15ClN2O3. The SMILES string of the molecule is O=[N+]([O-])c1cc(Cl)ccc1-c1ccc(CNCc2ccccc2)o1. The van der Waals surface area contributed by atoms with Crippen LogP contribution in [0, 0.1) is 10.1 Å². The Morgan fingerprint density at radius 2 is 1.83 bits per heavy atom. The molecule has 0 saturated carbocycles. The van der Waals surface area contributed by atoms with E-state index in [1.54, 1.807) is 18.2 Å². The molecule has 0 aliphatic heterocycles. The molecule has 3 rings (SSSR count). The van der Waals surface area contributed by atoms with E-state index in [0.29, 0.717) is 28.7 Å². The van der Waals surface area contributed by atoms with Gasteiger partial charge in [-0.05, 0) is 29.8 Å². The van der Waals surface area contributed by atoms with Gasteiger partial charge in [-0.2, -0.15) is 0 Å². The molecule has 0 spiro atoms. The molecule has 2 aromatic carbocycles. The van der Waals surface area contributed by atoms with Crippen molar-refractivity contribution in [2.45, 2.75) is 13.1 Å². The molecule has 5 nitrogen and oxygen atoms in total. The lowest BCUT2D eigenvalue weighted by atomic mass is 10.1. The van der Waals surface area contributed by atoms with E-state index >= 15 is 0 Å². The van der Waals surface area contributed by atoms with Crippen molar-refractivity contribution in [3.05, 3.63) is 87.1 Å². The lowest BCUT2D eigenvalue weighted by Crippen LogP contribution is -2.11. The molecule has 1 N–H and O–H groups in total. The van der Waals surface area contributed by atoms with Crippen molar-refractivity contribution in [1.29, 1.82) is 0 Å². The number of nitrogens with one attached hydrogen (secondary N) is 1. The molecule has 1 heterocycles. The van der Waals surface area contributed by atoms with Crippen LogP contribution in [-0.4, -0.2) is 4.92 Å². The predicted octanol–water partition coefficient (Wildman–Crippen LogP) is 4.80. The number of hydrogen-bond acceptors (Lipinski definition) is 4. The van der Waals surface area contributed by atoms with Crippen molar-refractivity contribution in [3.63, 3.8) is 0 Å². The summed E-state index contributed by atoms with van der Waals surface area (Å²) in [6.45, 7) is 1.26. The first-order valence-corrected chi connectivity index (χ1v) is 7.79. The minimum absolute atomic E-state index is 0.0688. The van der Waals surface area contributed by atoms with E-state index in [4.69, 9.17) is 16.0 Å². The summed E-state index contributed by atoms with van der Waals surface area (Å²) < 4.78 is 5.73. The number of halogens is 1. The molecule has 0 unspecified atom stereocenters. The molecule has 0 aliphatic rings. The Morgan fingerprint density at radius 1 is 1.04 bits per heavy atom. The second-order valence-corrected chi connectivity index (χ2v) is 5.71. The fraction of sp³-hybridized carbons (Fsp3) is 0.111. The van der Waals surface area contributed by atoms with Gasteiger partial charge in [0.05, 0.1) is 17.0 Å². The Hall–Kier alpha value is -2.63. The summed E-state index contributed by atoms with van der Waals surface area (Å²) in [6.07, 6.45) is 0. The van der Waals surface area contributed by atoms with Crippen LogP contribution in [0.15, 0.2) is 65.1 Å². The molecule has 1 aromatic heterocycles. The van der Waals surface area contributed by atoms with E-state index in [0.717, 1.165) is 6.54 Å². The Kier molecular flexibility index (Phi) is 4.93. The summed E-state index contributed by atoms with van der Waals surface area (Å²) in [7, 11) is 0. The van der Waals surface area contributed by atoms with Crippen LogP contribution in [0.3, 0.4) is 0 Å². The van der Waals surface area contributed by atoms with Crippen LogP contribution in [0.5, 0.6) is 0 Å². The second-order valence-electron chi connectivity index (χ2n) is 5.27. The highest BCUT2D eigenvalue weighted by Crippen LogP contribution is 2.33. The van der Waals surface area contributed by atoms with E-state index < -0.39 is 4.92 Å². The minimum atomic E-state index is -0.461. The number of nitro benzene ring substituents is 1. The fourth-order valence-electron chi connectivity index (χ4n) is 2.41. The summed E-state index contributed by atoms with van der Waals surface area (Å²) >= 11 is 5.84. The van der Waals surface area contributed by atoms with Gasteiger partial charge in [0.2, 0.25) is 0 Å².